The zero-order chi connectivity index (χ0) is 13.1. The lowest BCUT2D eigenvalue weighted by Gasteiger charge is -2.21. The summed E-state index contributed by atoms with van der Waals surface area (Å²) in [6, 6.07) is 15.2. The van der Waals surface area contributed by atoms with E-state index in [1.54, 1.807) is 0 Å². The van der Waals surface area contributed by atoms with E-state index in [0.29, 0.717) is 0 Å². The van der Waals surface area contributed by atoms with Gasteiger partial charge in [0, 0.05) is 0 Å². The van der Waals surface area contributed by atoms with Crippen LogP contribution in [-0.2, 0) is 11.1 Å². The monoisotopic (exact) mass is 259 g/mol. The van der Waals surface area contributed by atoms with Crippen molar-refractivity contribution >= 4 is 11.1 Å². The minimum absolute atomic E-state index is 0.591. The smallest absolute Gasteiger partial charge is 0.0714 e. The van der Waals surface area contributed by atoms with E-state index >= 15 is 0 Å². The van der Waals surface area contributed by atoms with Crippen molar-refractivity contribution in [1.82, 2.24) is 0 Å². The van der Waals surface area contributed by atoms with E-state index in [2.05, 4.69) is 0 Å². The molecule has 0 heterocycles. The molecule has 1 unspecified atom stereocenters. The SMILES string of the molecule is Cc1ccc(C(c2ccc(C)cc2)S(=O)[O-])cc1. The van der Waals surface area contributed by atoms with Gasteiger partial charge in [0.2, 0.25) is 0 Å². The van der Waals surface area contributed by atoms with Crippen LogP contribution in [-0.4, -0.2) is 8.76 Å². The minimum atomic E-state index is -2.17. The van der Waals surface area contributed by atoms with Crippen molar-refractivity contribution in [3.05, 3.63) is 70.8 Å². The predicted molar refractivity (Wildman–Crippen MR) is 73.1 cm³/mol. The predicted octanol–water partition coefficient (Wildman–Crippen LogP) is 3.27. The topological polar surface area (TPSA) is 40.1 Å². The number of benzene rings is 2. The summed E-state index contributed by atoms with van der Waals surface area (Å²) < 4.78 is 22.9. The van der Waals surface area contributed by atoms with Gasteiger partial charge in [0.05, 0.1) is 5.25 Å². The molecule has 18 heavy (non-hydrogen) atoms. The maximum atomic E-state index is 11.5. The molecule has 0 N–H and O–H groups in total. The summed E-state index contributed by atoms with van der Waals surface area (Å²) in [7, 11) is 0. The van der Waals surface area contributed by atoms with Crippen molar-refractivity contribution < 1.29 is 8.76 Å². The lowest BCUT2D eigenvalue weighted by molar-refractivity contribution is 0.530. The van der Waals surface area contributed by atoms with E-state index in [1.807, 2.05) is 62.4 Å². The molecule has 0 aliphatic heterocycles. The molecule has 0 aromatic heterocycles. The Kier molecular flexibility index (Phi) is 3.94. The summed E-state index contributed by atoms with van der Waals surface area (Å²) in [6.07, 6.45) is 0. The molecule has 0 saturated carbocycles. The Balaban J connectivity index is 2.43. The van der Waals surface area contributed by atoms with Gasteiger partial charge in [-0.2, -0.15) is 0 Å². The average molecular weight is 259 g/mol. The number of aryl methyl sites for hydroxylation is 2. The van der Waals surface area contributed by atoms with Gasteiger partial charge < -0.3 is 4.55 Å². The first-order valence-electron chi connectivity index (χ1n) is 5.79. The molecule has 0 amide bonds. The summed E-state index contributed by atoms with van der Waals surface area (Å²) in [6.45, 7) is 3.97. The van der Waals surface area contributed by atoms with Gasteiger partial charge in [-0.05, 0) is 36.1 Å². The van der Waals surface area contributed by atoms with E-state index in [1.165, 1.54) is 0 Å². The van der Waals surface area contributed by atoms with Crippen molar-refractivity contribution in [2.24, 2.45) is 0 Å². The molecular formula is C15H15O2S-. The van der Waals surface area contributed by atoms with Gasteiger partial charge in [0.25, 0.3) is 0 Å². The third-order valence-corrected chi connectivity index (χ3v) is 3.88. The summed E-state index contributed by atoms with van der Waals surface area (Å²) in [4.78, 5) is 0. The molecule has 2 nitrogen and oxygen atoms in total. The molecule has 0 saturated heterocycles. The van der Waals surface area contributed by atoms with Crippen LogP contribution in [0.3, 0.4) is 0 Å². The molecule has 0 aliphatic carbocycles. The van der Waals surface area contributed by atoms with Crippen LogP contribution >= 0.6 is 0 Å². The van der Waals surface area contributed by atoms with Gasteiger partial charge in [-0.1, -0.05) is 59.7 Å². The molecule has 2 aromatic carbocycles. The average Bonchev–Trinajstić information content (AvgIpc) is 2.34. The van der Waals surface area contributed by atoms with Crippen molar-refractivity contribution in [2.75, 3.05) is 0 Å². The number of rotatable bonds is 3. The third-order valence-electron chi connectivity index (χ3n) is 2.95. The van der Waals surface area contributed by atoms with Crippen LogP contribution in [0.5, 0.6) is 0 Å². The molecule has 0 bridgehead atoms. The van der Waals surface area contributed by atoms with E-state index in [0.717, 1.165) is 22.3 Å². The van der Waals surface area contributed by atoms with Crippen molar-refractivity contribution in [2.45, 2.75) is 19.1 Å². The van der Waals surface area contributed by atoms with Crippen LogP contribution in [0.2, 0.25) is 0 Å². The fourth-order valence-corrected chi connectivity index (χ4v) is 2.66. The Morgan fingerprint density at radius 2 is 1.17 bits per heavy atom. The van der Waals surface area contributed by atoms with Gasteiger partial charge in [-0.3, -0.25) is 4.21 Å². The number of hydrogen-bond acceptors (Lipinski definition) is 2. The largest absolute Gasteiger partial charge is 0.772 e. The van der Waals surface area contributed by atoms with Crippen molar-refractivity contribution in [1.29, 1.82) is 0 Å². The number of hydrogen-bond donors (Lipinski definition) is 0. The Morgan fingerprint density at radius 1 is 0.833 bits per heavy atom. The Morgan fingerprint density at radius 3 is 1.44 bits per heavy atom. The first-order valence-corrected chi connectivity index (χ1v) is 6.93. The molecule has 0 fully saturated rings. The molecule has 3 heteroatoms. The second-order valence-corrected chi connectivity index (χ2v) is 5.45. The van der Waals surface area contributed by atoms with Crippen LogP contribution < -0.4 is 0 Å². The molecular weight excluding hydrogens is 244 g/mol. The van der Waals surface area contributed by atoms with Crippen molar-refractivity contribution in [3.63, 3.8) is 0 Å². The van der Waals surface area contributed by atoms with Crippen LogP contribution in [0.15, 0.2) is 48.5 Å². The minimum Gasteiger partial charge on any atom is -0.772 e. The Bertz CT molecular complexity index is 498. The maximum absolute atomic E-state index is 11.5. The van der Waals surface area contributed by atoms with Gasteiger partial charge in [0.15, 0.2) is 0 Å². The third kappa shape index (κ3) is 2.86. The summed E-state index contributed by atoms with van der Waals surface area (Å²) in [5.41, 5.74) is 3.85. The summed E-state index contributed by atoms with van der Waals surface area (Å²) in [5, 5.41) is -0.591. The highest BCUT2D eigenvalue weighted by Gasteiger charge is 2.14. The highest BCUT2D eigenvalue weighted by Crippen LogP contribution is 2.27. The summed E-state index contributed by atoms with van der Waals surface area (Å²) >= 11 is -2.17. The van der Waals surface area contributed by atoms with Crippen LogP contribution in [0.1, 0.15) is 27.5 Å². The standard InChI is InChI=1S/C15H16O2S/c1-11-3-7-13(8-4-11)15(18(16)17)14-9-5-12(2)6-10-14/h3-10,15H,1-2H3,(H,16,17)/p-1. The maximum Gasteiger partial charge on any atom is 0.0714 e. The quantitative estimate of drug-likeness (QED) is 0.794. The molecule has 94 valence electrons. The fourth-order valence-electron chi connectivity index (χ4n) is 1.90. The molecule has 0 spiro atoms. The lowest BCUT2D eigenvalue weighted by atomic mass is 10.0. The Labute approximate surface area is 110 Å². The molecule has 2 aromatic rings. The van der Waals surface area contributed by atoms with E-state index < -0.39 is 16.3 Å². The molecule has 2 rings (SSSR count). The zero-order valence-corrected chi connectivity index (χ0v) is 11.2. The molecule has 1 atom stereocenters. The van der Waals surface area contributed by atoms with Crippen molar-refractivity contribution in [3.8, 4) is 0 Å². The lowest BCUT2D eigenvalue weighted by Crippen LogP contribution is -2.07. The first kappa shape index (κ1) is 13.0. The first-order chi connectivity index (χ1) is 8.58. The van der Waals surface area contributed by atoms with E-state index in [-0.39, 0.29) is 0 Å². The molecule has 0 aliphatic rings. The second kappa shape index (κ2) is 5.46. The zero-order valence-electron chi connectivity index (χ0n) is 10.4. The Hall–Kier alpha value is -1.45. The van der Waals surface area contributed by atoms with Gasteiger partial charge in [0.1, 0.15) is 0 Å². The van der Waals surface area contributed by atoms with E-state index in [9.17, 15) is 8.76 Å². The second-order valence-electron chi connectivity index (χ2n) is 4.46. The van der Waals surface area contributed by atoms with E-state index in [4.69, 9.17) is 0 Å². The highest BCUT2D eigenvalue weighted by molar-refractivity contribution is 7.79. The van der Waals surface area contributed by atoms with Gasteiger partial charge in [-0.25, -0.2) is 0 Å². The molecule has 0 radical (unpaired) electrons. The van der Waals surface area contributed by atoms with Gasteiger partial charge in [-0.15, -0.1) is 0 Å². The highest BCUT2D eigenvalue weighted by atomic mass is 32.2. The van der Waals surface area contributed by atoms with Crippen LogP contribution in [0, 0.1) is 13.8 Å². The normalized spacial score (nSPS) is 12.7. The summed E-state index contributed by atoms with van der Waals surface area (Å²) in [5.74, 6) is 0. The fraction of sp³-hybridized carbons (Fsp3) is 0.200. The van der Waals surface area contributed by atoms with Gasteiger partial charge >= 0.3 is 0 Å². The van der Waals surface area contributed by atoms with Crippen LogP contribution in [0.25, 0.3) is 0 Å². The van der Waals surface area contributed by atoms with Crippen LogP contribution in [0.4, 0.5) is 0 Å².